The molecule has 0 radical (unpaired) electrons. The van der Waals surface area contributed by atoms with Crippen molar-refractivity contribution in [3.63, 3.8) is 0 Å². The van der Waals surface area contributed by atoms with Gasteiger partial charge in [0.2, 0.25) is 0 Å². The lowest BCUT2D eigenvalue weighted by Gasteiger charge is -2.28. The highest BCUT2D eigenvalue weighted by molar-refractivity contribution is 6.29. The minimum Gasteiger partial charge on any atom is -0.487 e. The van der Waals surface area contributed by atoms with E-state index >= 15 is 0 Å². The van der Waals surface area contributed by atoms with Gasteiger partial charge < -0.3 is 10.1 Å². The molecule has 0 aliphatic heterocycles. The SMILES string of the molecule is C[C@@H](NC(=O)c1ccc(COc2ccnc(Cl)c2)nc1)C(C)(C)C. The number of aromatic nitrogens is 2. The highest BCUT2D eigenvalue weighted by atomic mass is 35.5. The standard InChI is InChI=1S/C18H22ClN3O2/c1-12(18(2,3)4)22-17(23)13-5-6-14(21-10-13)11-24-15-7-8-20-16(19)9-15/h5-10,12H,11H2,1-4H3,(H,22,23)/t12-/m1/s1. The summed E-state index contributed by atoms with van der Waals surface area (Å²) in [6, 6.07) is 6.94. The van der Waals surface area contributed by atoms with Crippen LogP contribution in [0.1, 0.15) is 43.7 Å². The summed E-state index contributed by atoms with van der Waals surface area (Å²) in [6.45, 7) is 8.54. The van der Waals surface area contributed by atoms with Crippen molar-refractivity contribution < 1.29 is 9.53 Å². The van der Waals surface area contributed by atoms with Crippen LogP contribution in [0.2, 0.25) is 5.15 Å². The monoisotopic (exact) mass is 347 g/mol. The summed E-state index contributed by atoms with van der Waals surface area (Å²) in [5, 5.41) is 3.36. The van der Waals surface area contributed by atoms with Crippen molar-refractivity contribution in [3.05, 3.63) is 53.1 Å². The van der Waals surface area contributed by atoms with Gasteiger partial charge in [-0.2, -0.15) is 0 Å². The molecule has 2 rings (SSSR count). The first-order valence-electron chi connectivity index (χ1n) is 7.76. The molecule has 2 heterocycles. The van der Waals surface area contributed by atoms with Crippen LogP contribution in [0.25, 0.3) is 0 Å². The number of halogens is 1. The van der Waals surface area contributed by atoms with Crippen LogP contribution in [-0.2, 0) is 6.61 Å². The van der Waals surface area contributed by atoms with E-state index in [9.17, 15) is 4.79 Å². The van der Waals surface area contributed by atoms with E-state index in [1.54, 1.807) is 36.7 Å². The number of hydrogen-bond donors (Lipinski definition) is 1. The molecule has 5 nitrogen and oxygen atoms in total. The summed E-state index contributed by atoms with van der Waals surface area (Å²) in [6.07, 6.45) is 3.14. The molecule has 0 aliphatic carbocycles. The minimum atomic E-state index is -0.127. The Morgan fingerprint density at radius 1 is 1.29 bits per heavy atom. The zero-order valence-corrected chi connectivity index (χ0v) is 15.1. The van der Waals surface area contributed by atoms with Crippen LogP contribution in [-0.4, -0.2) is 21.9 Å². The van der Waals surface area contributed by atoms with Crippen LogP contribution < -0.4 is 10.1 Å². The Balaban J connectivity index is 1.94. The van der Waals surface area contributed by atoms with E-state index in [1.165, 1.54) is 0 Å². The summed E-state index contributed by atoms with van der Waals surface area (Å²) in [7, 11) is 0. The number of rotatable bonds is 5. The van der Waals surface area contributed by atoms with Gasteiger partial charge in [-0.1, -0.05) is 32.4 Å². The molecule has 0 saturated heterocycles. The highest BCUT2D eigenvalue weighted by Crippen LogP contribution is 2.19. The van der Waals surface area contributed by atoms with Crippen LogP contribution in [0.15, 0.2) is 36.7 Å². The molecule has 1 amide bonds. The van der Waals surface area contributed by atoms with Crippen LogP contribution in [0.3, 0.4) is 0 Å². The average Bonchev–Trinajstić information content (AvgIpc) is 2.52. The quantitative estimate of drug-likeness (QED) is 0.834. The number of nitrogens with zero attached hydrogens (tertiary/aromatic N) is 2. The third-order valence-electron chi connectivity index (χ3n) is 3.82. The van der Waals surface area contributed by atoms with Crippen molar-refractivity contribution in [1.82, 2.24) is 15.3 Å². The van der Waals surface area contributed by atoms with E-state index in [2.05, 4.69) is 36.1 Å². The third kappa shape index (κ3) is 5.20. The molecule has 1 atom stereocenters. The Hall–Kier alpha value is -2.14. The molecule has 128 valence electrons. The van der Waals surface area contributed by atoms with Gasteiger partial charge in [0.25, 0.3) is 5.91 Å². The van der Waals surface area contributed by atoms with E-state index in [-0.39, 0.29) is 17.4 Å². The lowest BCUT2D eigenvalue weighted by molar-refractivity contribution is 0.0909. The number of pyridine rings is 2. The zero-order chi connectivity index (χ0) is 17.7. The van der Waals surface area contributed by atoms with Crippen LogP contribution >= 0.6 is 11.6 Å². The number of amides is 1. The fraction of sp³-hybridized carbons (Fsp3) is 0.389. The first-order valence-corrected chi connectivity index (χ1v) is 8.13. The number of ether oxygens (including phenoxy) is 1. The van der Waals surface area contributed by atoms with Gasteiger partial charge >= 0.3 is 0 Å². The summed E-state index contributed by atoms with van der Waals surface area (Å²) < 4.78 is 5.59. The second-order valence-corrected chi connectivity index (χ2v) is 7.09. The van der Waals surface area contributed by atoms with E-state index in [0.717, 1.165) is 5.69 Å². The van der Waals surface area contributed by atoms with Crippen molar-refractivity contribution in [1.29, 1.82) is 0 Å². The zero-order valence-electron chi connectivity index (χ0n) is 14.3. The molecule has 0 fully saturated rings. The lowest BCUT2D eigenvalue weighted by Crippen LogP contribution is -2.41. The van der Waals surface area contributed by atoms with E-state index < -0.39 is 0 Å². The molecule has 6 heteroatoms. The Kier molecular flexibility index (Phi) is 5.78. The van der Waals surface area contributed by atoms with E-state index in [4.69, 9.17) is 16.3 Å². The van der Waals surface area contributed by atoms with Crippen LogP contribution in [0, 0.1) is 5.41 Å². The van der Waals surface area contributed by atoms with Crippen molar-refractivity contribution in [2.75, 3.05) is 0 Å². The molecule has 2 aromatic heterocycles. The fourth-order valence-corrected chi connectivity index (χ4v) is 1.94. The molecule has 24 heavy (non-hydrogen) atoms. The number of nitrogens with one attached hydrogen (secondary N) is 1. The van der Waals surface area contributed by atoms with Gasteiger partial charge in [-0.25, -0.2) is 4.98 Å². The van der Waals surface area contributed by atoms with Crippen LogP contribution in [0.5, 0.6) is 5.75 Å². The first-order chi connectivity index (χ1) is 11.3. The Bertz CT molecular complexity index is 696. The van der Waals surface area contributed by atoms with Crippen molar-refractivity contribution in [2.45, 2.75) is 40.3 Å². The van der Waals surface area contributed by atoms with Crippen molar-refractivity contribution >= 4 is 17.5 Å². The second kappa shape index (κ2) is 7.62. The molecule has 0 unspecified atom stereocenters. The normalized spacial score (nSPS) is 12.5. The van der Waals surface area contributed by atoms with Gasteiger partial charge in [0.05, 0.1) is 11.3 Å². The van der Waals surface area contributed by atoms with Gasteiger partial charge in [0.15, 0.2) is 0 Å². The van der Waals surface area contributed by atoms with E-state index in [1.807, 2.05) is 6.92 Å². The molecule has 0 bridgehead atoms. The average molecular weight is 348 g/mol. The number of carbonyl (C=O) groups is 1. The molecular formula is C18H22ClN3O2. The fourth-order valence-electron chi connectivity index (χ4n) is 1.77. The first kappa shape index (κ1) is 18.2. The van der Waals surface area contributed by atoms with Crippen molar-refractivity contribution in [3.8, 4) is 5.75 Å². The Labute approximate surface area is 147 Å². The van der Waals surface area contributed by atoms with Crippen LogP contribution in [0.4, 0.5) is 0 Å². The predicted octanol–water partition coefficient (Wildman–Crippen LogP) is 3.87. The molecule has 2 aromatic rings. The molecule has 0 aliphatic rings. The smallest absolute Gasteiger partial charge is 0.253 e. The molecule has 1 N–H and O–H groups in total. The second-order valence-electron chi connectivity index (χ2n) is 6.70. The largest absolute Gasteiger partial charge is 0.487 e. The van der Waals surface area contributed by atoms with Gasteiger partial charge in [-0.15, -0.1) is 0 Å². The predicted molar refractivity (Wildman–Crippen MR) is 94.2 cm³/mol. The minimum absolute atomic E-state index is 0.00266. The lowest BCUT2D eigenvalue weighted by atomic mass is 9.88. The van der Waals surface area contributed by atoms with Gasteiger partial charge in [-0.3, -0.25) is 9.78 Å². The van der Waals surface area contributed by atoms with Crippen molar-refractivity contribution in [2.24, 2.45) is 5.41 Å². The maximum atomic E-state index is 12.2. The molecular weight excluding hydrogens is 326 g/mol. The third-order valence-corrected chi connectivity index (χ3v) is 4.03. The molecule has 0 aromatic carbocycles. The summed E-state index contributed by atoms with van der Waals surface area (Å²) in [4.78, 5) is 20.4. The number of hydrogen-bond acceptors (Lipinski definition) is 4. The van der Waals surface area contributed by atoms with Gasteiger partial charge in [-0.05, 0) is 30.5 Å². The maximum absolute atomic E-state index is 12.2. The van der Waals surface area contributed by atoms with Gasteiger partial charge in [0, 0.05) is 24.5 Å². The molecule has 0 spiro atoms. The Morgan fingerprint density at radius 2 is 2.04 bits per heavy atom. The number of carbonyl (C=O) groups excluding carboxylic acids is 1. The molecule has 0 saturated carbocycles. The van der Waals surface area contributed by atoms with Gasteiger partial charge in [0.1, 0.15) is 17.5 Å². The summed E-state index contributed by atoms with van der Waals surface area (Å²) in [5.74, 6) is 0.496. The van der Waals surface area contributed by atoms with E-state index in [0.29, 0.717) is 23.1 Å². The summed E-state index contributed by atoms with van der Waals surface area (Å²) in [5.41, 5.74) is 1.26. The Morgan fingerprint density at radius 3 is 2.62 bits per heavy atom. The topological polar surface area (TPSA) is 64.1 Å². The maximum Gasteiger partial charge on any atom is 0.253 e. The highest BCUT2D eigenvalue weighted by Gasteiger charge is 2.22. The summed E-state index contributed by atoms with van der Waals surface area (Å²) >= 11 is 5.80.